The largest absolute Gasteiger partial charge is 0.354 e. The van der Waals surface area contributed by atoms with E-state index < -0.39 is 10.0 Å². The monoisotopic (exact) mass is 450 g/mol. The van der Waals surface area contributed by atoms with Crippen molar-refractivity contribution in [2.75, 3.05) is 31.1 Å². The van der Waals surface area contributed by atoms with Gasteiger partial charge in [-0.1, -0.05) is 48.4 Å². The van der Waals surface area contributed by atoms with Gasteiger partial charge in [-0.15, -0.1) is 0 Å². The van der Waals surface area contributed by atoms with E-state index in [1.54, 1.807) is 16.4 Å². The minimum atomic E-state index is -3.49. The molecule has 1 fully saturated rings. The minimum Gasteiger partial charge on any atom is -0.354 e. The van der Waals surface area contributed by atoms with E-state index >= 15 is 0 Å². The number of aromatic nitrogens is 2. The lowest BCUT2D eigenvalue weighted by atomic mass is 10.1. The first-order valence-corrected chi connectivity index (χ1v) is 12.5. The molecule has 2 heterocycles. The van der Waals surface area contributed by atoms with Crippen molar-refractivity contribution in [1.82, 2.24) is 14.3 Å². The molecule has 1 aliphatic heterocycles. The fourth-order valence-corrected chi connectivity index (χ4v) is 5.59. The highest BCUT2D eigenvalue weighted by molar-refractivity contribution is 7.89. The van der Waals surface area contributed by atoms with Gasteiger partial charge in [0.05, 0.1) is 4.90 Å². The number of piperazine rings is 1. The molecule has 1 saturated heterocycles. The molecule has 0 saturated carbocycles. The lowest BCUT2D eigenvalue weighted by Gasteiger charge is -2.35. The van der Waals surface area contributed by atoms with Crippen molar-refractivity contribution in [3.63, 3.8) is 0 Å². The normalized spacial score (nSPS) is 15.2. The summed E-state index contributed by atoms with van der Waals surface area (Å²) in [6.07, 6.45) is 0.830. The van der Waals surface area contributed by atoms with Crippen LogP contribution in [0.5, 0.6) is 0 Å². The molecular formula is C25H30N4O2S. The SMILES string of the molecule is CCc1c(C)nc(-c2cccc(C)c2)nc1N1CCN(S(=O)(=O)c2ccc(C)cc2)CC1. The average Bonchev–Trinajstić information content (AvgIpc) is 2.79. The molecule has 7 heteroatoms. The molecule has 0 amide bonds. The minimum absolute atomic E-state index is 0.352. The van der Waals surface area contributed by atoms with Gasteiger partial charge in [0.15, 0.2) is 5.82 Å². The third-order valence-electron chi connectivity index (χ3n) is 6.02. The molecule has 1 aliphatic rings. The van der Waals surface area contributed by atoms with Crippen LogP contribution in [0.3, 0.4) is 0 Å². The van der Waals surface area contributed by atoms with Crippen molar-refractivity contribution in [1.29, 1.82) is 0 Å². The van der Waals surface area contributed by atoms with Crippen LogP contribution in [-0.4, -0.2) is 48.9 Å². The van der Waals surface area contributed by atoms with Crippen molar-refractivity contribution in [2.24, 2.45) is 0 Å². The predicted octanol–water partition coefficient (Wildman–Crippen LogP) is 4.14. The van der Waals surface area contributed by atoms with Crippen molar-refractivity contribution >= 4 is 15.8 Å². The van der Waals surface area contributed by atoms with Crippen molar-refractivity contribution < 1.29 is 8.42 Å². The van der Waals surface area contributed by atoms with Gasteiger partial charge in [-0.25, -0.2) is 18.4 Å². The molecule has 0 unspecified atom stereocenters. The maximum atomic E-state index is 13.1. The summed E-state index contributed by atoms with van der Waals surface area (Å²) in [6.45, 7) is 10.2. The summed E-state index contributed by atoms with van der Waals surface area (Å²) in [5.41, 5.74) is 5.31. The van der Waals surface area contributed by atoms with Crippen LogP contribution in [0.25, 0.3) is 11.4 Å². The number of rotatable bonds is 5. The van der Waals surface area contributed by atoms with Gasteiger partial charge in [0.2, 0.25) is 10.0 Å². The Morgan fingerprint density at radius 3 is 2.19 bits per heavy atom. The van der Waals surface area contributed by atoms with E-state index in [9.17, 15) is 8.42 Å². The highest BCUT2D eigenvalue weighted by atomic mass is 32.2. The zero-order valence-electron chi connectivity index (χ0n) is 19.2. The standard InChI is InChI=1S/C25H30N4O2S/c1-5-23-20(4)26-24(21-8-6-7-19(3)17-21)27-25(23)28-13-15-29(16-14-28)32(30,31)22-11-9-18(2)10-12-22/h6-12,17H,5,13-16H2,1-4H3. The second kappa shape index (κ2) is 9.00. The highest BCUT2D eigenvalue weighted by Gasteiger charge is 2.30. The van der Waals surface area contributed by atoms with Gasteiger partial charge in [0, 0.05) is 43.0 Å². The Bertz CT molecular complexity index is 1220. The molecular weight excluding hydrogens is 420 g/mol. The maximum absolute atomic E-state index is 13.1. The van der Waals surface area contributed by atoms with E-state index in [2.05, 4.69) is 30.9 Å². The fraction of sp³-hybridized carbons (Fsp3) is 0.360. The summed E-state index contributed by atoms with van der Waals surface area (Å²) in [6, 6.07) is 15.3. The predicted molar refractivity (Wildman–Crippen MR) is 128 cm³/mol. The summed E-state index contributed by atoms with van der Waals surface area (Å²) in [5, 5.41) is 0. The Morgan fingerprint density at radius 1 is 0.875 bits per heavy atom. The molecule has 4 rings (SSSR count). The molecule has 0 spiro atoms. The Kier molecular flexibility index (Phi) is 6.31. The molecule has 0 N–H and O–H groups in total. The molecule has 0 radical (unpaired) electrons. The first-order chi connectivity index (χ1) is 15.3. The lowest BCUT2D eigenvalue weighted by molar-refractivity contribution is 0.383. The molecule has 32 heavy (non-hydrogen) atoms. The topological polar surface area (TPSA) is 66.4 Å². The maximum Gasteiger partial charge on any atom is 0.243 e. The molecule has 168 valence electrons. The molecule has 0 bridgehead atoms. The Morgan fingerprint density at radius 2 is 1.56 bits per heavy atom. The zero-order chi connectivity index (χ0) is 22.9. The number of sulfonamides is 1. The van der Waals surface area contributed by atoms with Gasteiger partial charge >= 0.3 is 0 Å². The second-order valence-electron chi connectivity index (χ2n) is 8.36. The van der Waals surface area contributed by atoms with Crippen molar-refractivity contribution in [3.8, 4) is 11.4 Å². The Labute approximate surface area is 191 Å². The number of hydrogen-bond donors (Lipinski definition) is 0. The van der Waals surface area contributed by atoms with Crippen molar-refractivity contribution in [2.45, 2.75) is 39.0 Å². The van der Waals surface area contributed by atoms with Gasteiger partial charge < -0.3 is 4.90 Å². The summed E-state index contributed by atoms with van der Waals surface area (Å²) in [7, 11) is -3.49. The van der Waals surface area contributed by atoms with Crippen LogP contribution >= 0.6 is 0 Å². The van der Waals surface area contributed by atoms with Crippen LogP contribution < -0.4 is 4.90 Å². The van der Waals surface area contributed by atoms with E-state index in [-0.39, 0.29) is 0 Å². The number of aryl methyl sites for hydroxylation is 3. The summed E-state index contributed by atoms with van der Waals surface area (Å²) in [5.74, 6) is 1.64. The first-order valence-electron chi connectivity index (χ1n) is 11.1. The van der Waals surface area contributed by atoms with Gasteiger partial charge in [0.1, 0.15) is 5.82 Å². The van der Waals surface area contributed by atoms with Crippen LogP contribution in [0.1, 0.15) is 29.3 Å². The molecule has 0 atom stereocenters. The van der Waals surface area contributed by atoms with Gasteiger partial charge in [0.25, 0.3) is 0 Å². The molecule has 0 aliphatic carbocycles. The second-order valence-corrected chi connectivity index (χ2v) is 10.3. The lowest BCUT2D eigenvalue weighted by Crippen LogP contribution is -2.49. The molecule has 1 aromatic heterocycles. The smallest absolute Gasteiger partial charge is 0.243 e. The van der Waals surface area contributed by atoms with Gasteiger partial charge in [-0.05, 0) is 45.4 Å². The van der Waals surface area contributed by atoms with Gasteiger partial charge in [-0.3, -0.25) is 0 Å². The van der Waals surface area contributed by atoms with E-state index in [0.29, 0.717) is 36.9 Å². The third-order valence-corrected chi connectivity index (χ3v) is 7.93. The Balaban J connectivity index is 1.59. The number of anilines is 1. The van der Waals surface area contributed by atoms with Crippen LogP contribution in [0, 0.1) is 20.8 Å². The number of hydrogen-bond acceptors (Lipinski definition) is 5. The van der Waals surface area contributed by atoms with Crippen LogP contribution in [0.15, 0.2) is 53.4 Å². The fourth-order valence-electron chi connectivity index (χ4n) is 4.17. The summed E-state index contributed by atoms with van der Waals surface area (Å²) in [4.78, 5) is 12.3. The van der Waals surface area contributed by atoms with E-state index in [1.165, 1.54) is 5.56 Å². The van der Waals surface area contributed by atoms with Crippen LogP contribution in [0.4, 0.5) is 5.82 Å². The number of benzene rings is 2. The quantitative estimate of drug-likeness (QED) is 0.584. The van der Waals surface area contributed by atoms with Gasteiger partial charge in [-0.2, -0.15) is 4.31 Å². The zero-order valence-corrected chi connectivity index (χ0v) is 20.0. The highest BCUT2D eigenvalue weighted by Crippen LogP contribution is 2.28. The number of nitrogens with zero attached hydrogens (tertiary/aromatic N) is 4. The summed E-state index contributed by atoms with van der Waals surface area (Å²) < 4.78 is 27.7. The van der Waals surface area contributed by atoms with Crippen LogP contribution in [-0.2, 0) is 16.4 Å². The Hall–Kier alpha value is -2.77. The first kappa shape index (κ1) is 22.4. The van der Waals surface area contributed by atoms with Crippen LogP contribution in [0.2, 0.25) is 0 Å². The van der Waals surface area contributed by atoms with E-state index in [1.807, 2.05) is 38.1 Å². The average molecular weight is 451 g/mol. The summed E-state index contributed by atoms with van der Waals surface area (Å²) >= 11 is 0. The van der Waals surface area contributed by atoms with Crippen molar-refractivity contribution in [3.05, 3.63) is 70.9 Å². The molecule has 3 aromatic rings. The molecule has 6 nitrogen and oxygen atoms in total. The van der Waals surface area contributed by atoms with E-state index in [4.69, 9.17) is 9.97 Å². The van der Waals surface area contributed by atoms with E-state index in [0.717, 1.165) is 34.6 Å². The molecule has 2 aromatic carbocycles. The third kappa shape index (κ3) is 4.40.